The molecule has 1 aromatic heterocycles. The molecule has 0 aromatic carbocycles. The molecule has 1 aliphatic carbocycles. The van der Waals surface area contributed by atoms with Crippen LogP contribution in [0.4, 0.5) is 10.2 Å². The number of methoxy groups -OCH3 is 1. The molecule has 0 unspecified atom stereocenters. The molecule has 1 saturated carbocycles. The number of anilines is 1. The summed E-state index contributed by atoms with van der Waals surface area (Å²) < 4.78 is 18.3. The van der Waals surface area contributed by atoms with Crippen molar-refractivity contribution in [3.8, 4) is 0 Å². The van der Waals surface area contributed by atoms with Crippen molar-refractivity contribution in [2.75, 3.05) is 12.4 Å². The number of nitrogens with one attached hydrogen (secondary N) is 1. The lowest BCUT2D eigenvalue weighted by Crippen LogP contribution is -2.40. The van der Waals surface area contributed by atoms with E-state index < -0.39 is 5.82 Å². The Bertz CT molecular complexity index is 357. The van der Waals surface area contributed by atoms with E-state index >= 15 is 0 Å². The smallest absolute Gasteiger partial charge is 0.224 e. The van der Waals surface area contributed by atoms with Gasteiger partial charge in [-0.05, 0) is 24.4 Å². The minimum absolute atomic E-state index is 0.0431. The second-order valence-electron chi connectivity index (χ2n) is 3.51. The average Bonchev–Trinajstić information content (AvgIpc) is 2.16. The molecule has 82 valence electrons. The van der Waals surface area contributed by atoms with Crippen molar-refractivity contribution in [3.05, 3.63) is 17.3 Å². The fraction of sp³-hybridized carbons (Fsp3) is 0.556. The van der Waals surface area contributed by atoms with Crippen molar-refractivity contribution < 1.29 is 9.13 Å². The Hall–Kier alpha value is -0.940. The molecule has 6 heteroatoms. The average molecular weight is 232 g/mol. The first kappa shape index (κ1) is 10.6. The molecule has 1 aliphatic rings. The van der Waals surface area contributed by atoms with Crippen molar-refractivity contribution in [1.29, 1.82) is 0 Å². The van der Waals surface area contributed by atoms with Gasteiger partial charge in [-0.1, -0.05) is 0 Å². The minimum Gasteiger partial charge on any atom is -0.381 e. The Labute approximate surface area is 91.8 Å². The maximum Gasteiger partial charge on any atom is 0.224 e. The predicted molar refractivity (Wildman–Crippen MR) is 54.4 cm³/mol. The Balaban J connectivity index is 1.97. The third-order valence-corrected chi connectivity index (χ3v) is 2.67. The molecule has 0 aliphatic heterocycles. The van der Waals surface area contributed by atoms with Crippen LogP contribution in [0.1, 0.15) is 12.8 Å². The summed E-state index contributed by atoms with van der Waals surface area (Å²) in [5.74, 6) is -0.324. The fourth-order valence-corrected chi connectivity index (χ4v) is 1.65. The lowest BCUT2D eigenvalue weighted by atomic mass is 9.89. The molecule has 0 atom stereocenters. The maximum atomic E-state index is 13.2. The van der Waals surface area contributed by atoms with E-state index in [0.717, 1.165) is 19.0 Å². The van der Waals surface area contributed by atoms with Gasteiger partial charge in [0.15, 0.2) is 11.6 Å². The predicted octanol–water partition coefficient (Wildman–Crippen LogP) is 1.86. The highest BCUT2D eigenvalue weighted by Crippen LogP contribution is 2.26. The van der Waals surface area contributed by atoms with Gasteiger partial charge >= 0.3 is 0 Å². The zero-order chi connectivity index (χ0) is 10.8. The summed E-state index contributed by atoms with van der Waals surface area (Å²) in [5.41, 5.74) is 0. The highest BCUT2D eigenvalue weighted by Gasteiger charge is 2.29. The van der Waals surface area contributed by atoms with Gasteiger partial charge in [0.2, 0.25) is 5.28 Å². The molecule has 0 radical (unpaired) electrons. The molecule has 0 amide bonds. The van der Waals surface area contributed by atoms with Crippen LogP contribution in [-0.2, 0) is 4.74 Å². The molecule has 1 fully saturated rings. The molecule has 2 rings (SSSR count). The topological polar surface area (TPSA) is 47.0 Å². The lowest BCUT2D eigenvalue weighted by molar-refractivity contribution is 0.0327. The van der Waals surface area contributed by atoms with Crippen LogP contribution in [0, 0.1) is 5.82 Å². The third kappa shape index (κ3) is 2.35. The Morgan fingerprint density at radius 1 is 1.60 bits per heavy atom. The Morgan fingerprint density at radius 3 is 3.00 bits per heavy atom. The normalized spacial score (nSPS) is 24.7. The fourth-order valence-electron chi connectivity index (χ4n) is 1.52. The molecular weight excluding hydrogens is 221 g/mol. The standard InChI is InChI=1S/C9H11ClFN3O/c1-15-6-2-5(3-6)13-8-7(11)4-12-9(10)14-8/h4-6H,2-3H2,1H3,(H,12,13,14). The second-order valence-corrected chi connectivity index (χ2v) is 3.84. The van der Waals surface area contributed by atoms with E-state index in [2.05, 4.69) is 15.3 Å². The van der Waals surface area contributed by atoms with E-state index in [0.29, 0.717) is 0 Å². The molecule has 0 spiro atoms. The number of hydrogen-bond acceptors (Lipinski definition) is 4. The van der Waals surface area contributed by atoms with Gasteiger partial charge in [0.05, 0.1) is 12.3 Å². The van der Waals surface area contributed by atoms with Crippen molar-refractivity contribution in [2.24, 2.45) is 0 Å². The number of nitrogens with zero attached hydrogens (tertiary/aromatic N) is 2. The summed E-state index contributed by atoms with van der Waals surface area (Å²) >= 11 is 5.56. The zero-order valence-corrected chi connectivity index (χ0v) is 8.96. The molecule has 1 aromatic rings. The first-order valence-electron chi connectivity index (χ1n) is 4.66. The third-order valence-electron chi connectivity index (χ3n) is 2.48. The lowest BCUT2D eigenvalue weighted by Gasteiger charge is -2.34. The van der Waals surface area contributed by atoms with Gasteiger partial charge in [0, 0.05) is 13.2 Å². The van der Waals surface area contributed by atoms with Crippen molar-refractivity contribution >= 4 is 17.4 Å². The Kier molecular flexibility index (Phi) is 3.02. The SMILES string of the molecule is COC1CC(Nc2nc(Cl)ncc2F)C1. The van der Waals surface area contributed by atoms with Crippen molar-refractivity contribution in [2.45, 2.75) is 25.0 Å². The summed E-state index contributed by atoms with van der Waals surface area (Å²) in [6, 6.07) is 0.204. The van der Waals surface area contributed by atoms with E-state index in [1.165, 1.54) is 0 Å². The van der Waals surface area contributed by atoms with Crippen LogP contribution in [0.2, 0.25) is 5.28 Å². The second kappa shape index (κ2) is 4.28. The van der Waals surface area contributed by atoms with Gasteiger partial charge in [-0.15, -0.1) is 0 Å². The van der Waals surface area contributed by atoms with Gasteiger partial charge in [0.1, 0.15) is 0 Å². The van der Waals surface area contributed by atoms with Crippen LogP contribution >= 0.6 is 11.6 Å². The van der Waals surface area contributed by atoms with Gasteiger partial charge in [-0.3, -0.25) is 0 Å². The maximum absolute atomic E-state index is 13.2. The molecule has 0 bridgehead atoms. The van der Waals surface area contributed by atoms with E-state index in [1.807, 2.05) is 0 Å². The first-order valence-corrected chi connectivity index (χ1v) is 5.04. The number of rotatable bonds is 3. The molecular formula is C9H11ClFN3O. The largest absolute Gasteiger partial charge is 0.381 e. The van der Waals surface area contributed by atoms with Crippen LogP contribution in [0.25, 0.3) is 0 Å². The number of ether oxygens (including phenoxy) is 1. The monoisotopic (exact) mass is 231 g/mol. The number of hydrogen-bond donors (Lipinski definition) is 1. The van der Waals surface area contributed by atoms with Crippen LogP contribution in [0.15, 0.2) is 6.20 Å². The highest BCUT2D eigenvalue weighted by atomic mass is 35.5. The van der Waals surface area contributed by atoms with Crippen LogP contribution in [0.3, 0.4) is 0 Å². The molecule has 4 nitrogen and oxygen atoms in total. The van der Waals surface area contributed by atoms with Gasteiger partial charge in [0.25, 0.3) is 0 Å². The Morgan fingerprint density at radius 2 is 2.33 bits per heavy atom. The van der Waals surface area contributed by atoms with Gasteiger partial charge in [-0.2, -0.15) is 4.98 Å². The van der Waals surface area contributed by atoms with E-state index in [4.69, 9.17) is 16.3 Å². The molecule has 15 heavy (non-hydrogen) atoms. The van der Waals surface area contributed by atoms with Gasteiger partial charge < -0.3 is 10.1 Å². The van der Waals surface area contributed by atoms with E-state index in [-0.39, 0.29) is 23.2 Å². The molecule has 1 heterocycles. The number of halogens is 2. The van der Waals surface area contributed by atoms with E-state index in [9.17, 15) is 4.39 Å². The molecule has 1 N–H and O–H groups in total. The highest BCUT2D eigenvalue weighted by molar-refractivity contribution is 6.28. The quantitative estimate of drug-likeness (QED) is 0.807. The van der Waals surface area contributed by atoms with Crippen LogP contribution in [0.5, 0.6) is 0 Å². The molecule has 0 saturated heterocycles. The van der Waals surface area contributed by atoms with E-state index in [1.54, 1.807) is 7.11 Å². The van der Waals surface area contributed by atoms with Crippen LogP contribution in [-0.4, -0.2) is 29.2 Å². The summed E-state index contributed by atoms with van der Waals surface area (Å²) in [5, 5.41) is 3.00. The summed E-state index contributed by atoms with van der Waals surface area (Å²) in [6.45, 7) is 0. The summed E-state index contributed by atoms with van der Waals surface area (Å²) in [4.78, 5) is 7.31. The van der Waals surface area contributed by atoms with Gasteiger partial charge in [-0.25, -0.2) is 9.37 Å². The summed E-state index contributed by atoms with van der Waals surface area (Å²) in [7, 11) is 1.67. The first-order chi connectivity index (χ1) is 7.19. The van der Waals surface area contributed by atoms with Crippen molar-refractivity contribution in [3.63, 3.8) is 0 Å². The minimum atomic E-state index is -0.486. The zero-order valence-electron chi connectivity index (χ0n) is 8.20. The number of aromatic nitrogens is 2. The van der Waals surface area contributed by atoms with Crippen LogP contribution < -0.4 is 5.32 Å². The van der Waals surface area contributed by atoms with Crippen molar-refractivity contribution in [1.82, 2.24) is 9.97 Å². The summed E-state index contributed by atoms with van der Waals surface area (Å²) in [6.07, 6.45) is 3.04.